The number of benzene rings is 1. The summed E-state index contributed by atoms with van der Waals surface area (Å²) in [5.41, 5.74) is 0.000922. The van der Waals surface area contributed by atoms with Crippen LogP contribution in [-0.2, 0) is 9.53 Å². The van der Waals surface area contributed by atoms with Crippen LogP contribution in [0.15, 0.2) is 12.1 Å². The van der Waals surface area contributed by atoms with E-state index >= 15 is 0 Å². The summed E-state index contributed by atoms with van der Waals surface area (Å²) in [5, 5.41) is 23.3. The first kappa shape index (κ1) is 18.4. The molecular formula is C15H20N2O6. The zero-order chi connectivity index (χ0) is 17.7. The summed E-state index contributed by atoms with van der Waals surface area (Å²) in [7, 11) is 1.13. The Balaban J connectivity index is 3.33. The maximum absolute atomic E-state index is 11.8. The largest absolute Gasteiger partial charge is 0.480 e. The Hall–Kier alpha value is -2.64. The number of aryl methyl sites for hydroxylation is 1. The lowest BCUT2D eigenvalue weighted by molar-refractivity contribution is -0.385. The minimum absolute atomic E-state index is 0.162. The molecule has 8 nitrogen and oxygen atoms in total. The number of rotatable bonds is 7. The number of esters is 1. The molecular weight excluding hydrogens is 304 g/mol. The molecule has 0 aliphatic rings. The van der Waals surface area contributed by atoms with E-state index in [1.807, 2.05) is 6.92 Å². The summed E-state index contributed by atoms with van der Waals surface area (Å²) in [6, 6.07) is 1.82. The predicted octanol–water partition coefficient (Wildman–Crippen LogP) is 2.60. The van der Waals surface area contributed by atoms with E-state index < -0.39 is 22.9 Å². The van der Waals surface area contributed by atoms with Crippen molar-refractivity contribution < 1.29 is 24.4 Å². The topological polar surface area (TPSA) is 119 Å². The minimum Gasteiger partial charge on any atom is -0.480 e. The molecule has 0 heterocycles. The number of hydrogen-bond acceptors (Lipinski definition) is 6. The van der Waals surface area contributed by atoms with Crippen molar-refractivity contribution in [3.05, 3.63) is 33.4 Å². The second-order valence-corrected chi connectivity index (χ2v) is 5.28. The van der Waals surface area contributed by atoms with Crippen LogP contribution in [0.4, 0.5) is 11.4 Å². The van der Waals surface area contributed by atoms with Crippen LogP contribution in [0.5, 0.6) is 0 Å². The van der Waals surface area contributed by atoms with Gasteiger partial charge in [-0.25, -0.2) is 9.59 Å². The first-order valence-electron chi connectivity index (χ1n) is 7.09. The molecule has 1 rings (SSSR count). The van der Waals surface area contributed by atoms with Crippen molar-refractivity contribution >= 4 is 23.3 Å². The smallest absolute Gasteiger partial charge is 0.344 e. The standard InChI is InChI=1S/C15H20N2O6/c1-5-8(2)12(14(18)19)16-10-6-9(3)13(17(21)22)11(7-10)15(20)23-4/h6-8,12,16H,5H2,1-4H3,(H,18,19)/t8-,12-/m0/s1. The van der Waals surface area contributed by atoms with Crippen LogP contribution in [0.3, 0.4) is 0 Å². The number of anilines is 1. The van der Waals surface area contributed by atoms with Gasteiger partial charge in [0.1, 0.15) is 11.6 Å². The molecule has 0 saturated heterocycles. The van der Waals surface area contributed by atoms with Gasteiger partial charge in [-0.05, 0) is 25.0 Å². The molecule has 2 atom stereocenters. The number of nitro groups is 1. The maximum Gasteiger partial charge on any atom is 0.344 e. The molecule has 1 aromatic carbocycles. The van der Waals surface area contributed by atoms with E-state index in [1.165, 1.54) is 19.1 Å². The number of carbonyl (C=O) groups excluding carboxylic acids is 1. The average molecular weight is 324 g/mol. The molecule has 8 heteroatoms. The summed E-state index contributed by atoms with van der Waals surface area (Å²) in [6.45, 7) is 5.13. The highest BCUT2D eigenvalue weighted by Crippen LogP contribution is 2.29. The first-order valence-corrected chi connectivity index (χ1v) is 7.09. The van der Waals surface area contributed by atoms with Gasteiger partial charge < -0.3 is 15.2 Å². The number of nitrogens with zero attached hydrogens (tertiary/aromatic N) is 1. The molecule has 0 aliphatic heterocycles. The molecule has 0 aliphatic carbocycles. The number of nitrogens with one attached hydrogen (secondary N) is 1. The van der Waals surface area contributed by atoms with Gasteiger partial charge in [-0.15, -0.1) is 0 Å². The van der Waals surface area contributed by atoms with Crippen LogP contribution in [0, 0.1) is 23.0 Å². The van der Waals surface area contributed by atoms with Crippen LogP contribution >= 0.6 is 0 Å². The number of hydrogen-bond donors (Lipinski definition) is 2. The molecule has 0 spiro atoms. The van der Waals surface area contributed by atoms with Gasteiger partial charge in [0, 0.05) is 11.3 Å². The Labute approximate surface area is 133 Å². The summed E-state index contributed by atoms with van der Waals surface area (Å²) >= 11 is 0. The van der Waals surface area contributed by atoms with Crippen molar-refractivity contribution in [2.24, 2.45) is 5.92 Å². The molecule has 2 N–H and O–H groups in total. The third kappa shape index (κ3) is 4.18. The van der Waals surface area contributed by atoms with Gasteiger partial charge in [0.2, 0.25) is 0 Å². The number of carbonyl (C=O) groups is 2. The fourth-order valence-corrected chi connectivity index (χ4v) is 2.23. The van der Waals surface area contributed by atoms with Crippen LogP contribution in [-0.4, -0.2) is 35.1 Å². The van der Waals surface area contributed by atoms with Crippen LogP contribution in [0.1, 0.15) is 36.2 Å². The zero-order valence-electron chi connectivity index (χ0n) is 13.5. The molecule has 23 heavy (non-hydrogen) atoms. The SMILES string of the molecule is CC[C@H](C)[C@H](Nc1cc(C)c([N+](=O)[O-])c(C(=O)OC)c1)C(=O)O. The summed E-state index contributed by atoms with van der Waals surface area (Å²) in [4.78, 5) is 33.6. The number of carboxylic acid groups (broad SMARTS) is 1. The predicted molar refractivity (Wildman–Crippen MR) is 83.7 cm³/mol. The van der Waals surface area contributed by atoms with Crippen molar-refractivity contribution in [3.63, 3.8) is 0 Å². The minimum atomic E-state index is -1.03. The van der Waals surface area contributed by atoms with E-state index in [1.54, 1.807) is 6.92 Å². The molecule has 126 valence electrons. The second kappa shape index (κ2) is 7.57. The van der Waals surface area contributed by atoms with Crippen molar-refractivity contribution in [2.75, 3.05) is 12.4 Å². The Bertz CT molecular complexity index is 629. The maximum atomic E-state index is 11.8. The highest BCUT2D eigenvalue weighted by Gasteiger charge is 2.27. The molecule has 0 saturated carbocycles. The molecule has 0 radical (unpaired) electrons. The lowest BCUT2D eigenvalue weighted by Crippen LogP contribution is -2.35. The monoisotopic (exact) mass is 324 g/mol. The van der Waals surface area contributed by atoms with Crippen molar-refractivity contribution in [3.8, 4) is 0 Å². The summed E-state index contributed by atoms with van der Waals surface area (Å²) < 4.78 is 4.57. The van der Waals surface area contributed by atoms with Crippen molar-refractivity contribution in [2.45, 2.75) is 33.2 Å². The van der Waals surface area contributed by atoms with Gasteiger partial charge in [0.05, 0.1) is 12.0 Å². The number of aliphatic carboxylic acids is 1. The van der Waals surface area contributed by atoms with Crippen LogP contribution < -0.4 is 5.32 Å². The summed E-state index contributed by atoms with van der Waals surface area (Å²) in [6.07, 6.45) is 0.639. The van der Waals surface area contributed by atoms with E-state index in [-0.39, 0.29) is 22.7 Å². The fraction of sp³-hybridized carbons (Fsp3) is 0.467. The molecule has 0 fully saturated rings. The van der Waals surface area contributed by atoms with E-state index in [4.69, 9.17) is 0 Å². The Morgan fingerprint density at radius 2 is 2.04 bits per heavy atom. The number of carboxylic acids is 1. The number of ether oxygens (including phenoxy) is 1. The quantitative estimate of drug-likeness (QED) is 0.449. The van der Waals surface area contributed by atoms with Gasteiger partial charge >= 0.3 is 11.9 Å². The Morgan fingerprint density at radius 1 is 1.43 bits per heavy atom. The lowest BCUT2D eigenvalue weighted by Gasteiger charge is -2.21. The molecule has 0 bridgehead atoms. The first-order chi connectivity index (χ1) is 10.7. The molecule has 0 unspecified atom stereocenters. The van der Waals surface area contributed by atoms with Gasteiger partial charge in [0.15, 0.2) is 0 Å². The van der Waals surface area contributed by atoms with Gasteiger partial charge in [-0.1, -0.05) is 20.3 Å². The molecule has 0 amide bonds. The molecule has 0 aromatic heterocycles. The van der Waals surface area contributed by atoms with Crippen molar-refractivity contribution in [1.82, 2.24) is 0 Å². The second-order valence-electron chi connectivity index (χ2n) is 5.28. The summed E-state index contributed by atoms with van der Waals surface area (Å²) in [5.74, 6) is -2.04. The average Bonchev–Trinajstić information content (AvgIpc) is 2.49. The van der Waals surface area contributed by atoms with Crippen LogP contribution in [0.2, 0.25) is 0 Å². The number of methoxy groups -OCH3 is 1. The normalized spacial score (nSPS) is 13.0. The Morgan fingerprint density at radius 3 is 2.48 bits per heavy atom. The molecule has 1 aromatic rings. The number of nitro benzene ring substituents is 1. The highest BCUT2D eigenvalue weighted by atomic mass is 16.6. The van der Waals surface area contributed by atoms with Gasteiger partial charge in [-0.2, -0.15) is 0 Å². The fourth-order valence-electron chi connectivity index (χ4n) is 2.23. The van der Waals surface area contributed by atoms with E-state index in [0.717, 1.165) is 7.11 Å². The van der Waals surface area contributed by atoms with Gasteiger partial charge in [-0.3, -0.25) is 10.1 Å². The van der Waals surface area contributed by atoms with Gasteiger partial charge in [0.25, 0.3) is 5.69 Å². The highest BCUT2D eigenvalue weighted by molar-refractivity contribution is 5.96. The Kier molecular flexibility index (Phi) is 6.06. The third-order valence-corrected chi connectivity index (χ3v) is 3.69. The zero-order valence-corrected chi connectivity index (χ0v) is 13.5. The van der Waals surface area contributed by atoms with E-state index in [2.05, 4.69) is 10.1 Å². The lowest BCUT2D eigenvalue weighted by atomic mass is 9.98. The van der Waals surface area contributed by atoms with E-state index in [0.29, 0.717) is 12.1 Å². The third-order valence-electron chi connectivity index (χ3n) is 3.69. The van der Waals surface area contributed by atoms with Crippen LogP contribution in [0.25, 0.3) is 0 Å². The van der Waals surface area contributed by atoms with E-state index in [9.17, 15) is 24.8 Å². The van der Waals surface area contributed by atoms with Crippen molar-refractivity contribution in [1.29, 1.82) is 0 Å².